The number of hydrogen-bond acceptors (Lipinski definition) is 7. The monoisotopic (exact) mass is 892 g/mol. The number of hydrogen-bond donors (Lipinski definition) is 0. The van der Waals surface area contributed by atoms with Gasteiger partial charge in [0.25, 0.3) is 0 Å². The molecule has 4 aromatic heterocycles. The van der Waals surface area contributed by atoms with E-state index in [4.69, 9.17) is 18.7 Å². The molecule has 0 radical (unpaired) electrons. The molecule has 0 amide bonds. The van der Waals surface area contributed by atoms with Crippen LogP contribution >= 0.6 is 34.4 Å². The molecule has 1 aliphatic rings. The molecule has 4 heterocycles. The number of unbranched alkanes of at least 4 members (excludes halogenated alkanes) is 10. The summed E-state index contributed by atoms with van der Waals surface area (Å²) in [7, 11) is 0. The first kappa shape index (κ1) is 42.6. The van der Waals surface area contributed by atoms with Crippen LogP contribution in [0.1, 0.15) is 115 Å². The van der Waals surface area contributed by atoms with Gasteiger partial charge in [-0.25, -0.2) is 9.97 Å². The first-order valence-corrected chi connectivity index (χ1v) is 26.1. The summed E-state index contributed by atoms with van der Waals surface area (Å²) in [6.45, 7) is 4.63. The van der Waals surface area contributed by atoms with Gasteiger partial charge >= 0.3 is 0 Å². The fourth-order valence-corrected chi connectivity index (χ4v) is 12.7. The second-order valence-corrected chi connectivity index (χ2v) is 20.2. The molecule has 9 aromatic rings. The Morgan fingerprint density at radius 3 is 1.59 bits per heavy atom. The highest BCUT2D eigenvalue weighted by molar-refractivity contribution is 7.19. The highest BCUT2D eigenvalue weighted by Gasteiger charge is 2.42. The van der Waals surface area contributed by atoms with Crippen molar-refractivity contribution >= 4 is 56.5 Å². The Kier molecular flexibility index (Phi) is 12.9. The molecule has 7 heteroatoms. The lowest BCUT2D eigenvalue weighted by atomic mass is 9.70. The van der Waals surface area contributed by atoms with Gasteiger partial charge in [-0.2, -0.15) is 8.75 Å². The maximum Gasteiger partial charge on any atom is 0.116 e. The normalized spacial score (nSPS) is 12.9. The molecule has 64 heavy (non-hydrogen) atoms. The third-order valence-corrected chi connectivity index (χ3v) is 16.1. The molecule has 0 saturated heterocycles. The number of benzene rings is 5. The van der Waals surface area contributed by atoms with E-state index in [0.29, 0.717) is 0 Å². The van der Waals surface area contributed by atoms with Crippen molar-refractivity contribution in [2.45, 2.75) is 109 Å². The van der Waals surface area contributed by atoms with E-state index < -0.39 is 0 Å². The van der Waals surface area contributed by atoms with Crippen molar-refractivity contribution in [1.29, 1.82) is 0 Å². The number of aromatic nitrogens is 4. The molecule has 0 N–H and O–H groups in total. The third kappa shape index (κ3) is 8.16. The SMILES string of the molecule is CCCCCCCCC1(CCCCCCCC)c2ccccc2-c2ccc(-c3ccc(-c4c5nsnc5c(-c5cccs5)c5nc(-c6ccccc6)c(-c6ccccc6)nc45)s3)cc21. The van der Waals surface area contributed by atoms with Crippen molar-refractivity contribution in [3.8, 4) is 65.0 Å². The van der Waals surface area contributed by atoms with E-state index in [1.54, 1.807) is 16.9 Å². The van der Waals surface area contributed by atoms with Gasteiger partial charge in [0.05, 0.1) is 23.1 Å². The molecule has 0 saturated carbocycles. The van der Waals surface area contributed by atoms with Gasteiger partial charge < -0.3 is 0 Å². The molecule has 322 valence electrons. The lowest BCUT2D eigenvalue weighted by Gasteiger charge is -2.33. The summed E-state index contributed by atoms with van der Waals surface area (Å²) in [5.74, 6) is 0. The van der Waals surface area contributed by atoms with Gasteiger partial charge in [-0.15, -0.1) is 22.7 Å². The van der Waals surface area contributed by atoms with Crippen molar-refractivity contribution in [2.24, 2.45) is 0 Å². The van der Waals surface area contributed by atoms with Crippen LogP contribution in [0.3, 0.4) is 0 Å². The van der Waals surface area contributed by atoms with Crippen LogP contribution in [0.4, 0.5) is 0 Å². The zero-order chi connectivity index (χ0) is 43.3. The standard InChI is InChI=1S/C57H56N4S3/c1-3-5-7-9-11-21-35-57(36-22-12-10-8-6-4-2)44-29-20-19-28-42(44)43-32-31-41(38-45(43)57)46-33-34-48(63-46)50-54-53(49(47-30-23-37-62-47)55-56(50)61-64-60-55)58-51(39-24-15-13-16-25-39)52(59-54)40-26-17-14-18-27-40/h13-20,23-34,37-38H,3-12,21-22,35-36H2,1-2H3. The van der Waals surface area contributed by atoms with Crippen molar-refractivity contribution in [3.63, 3.8) is 0 Å². The predicted molar refractivity (Wildman–Crippen MR) is 276 cm³/mol. The van der Waals surface area contributed by atoms with Crippen LogP contribution in [0.15, 0.2) is 133 Å². The van der Waals surface area contributed by atoms with Crippen LogP contribution in [0, 0.1) is 0 Å². The van der Waals surface area contributed by atoms with Gasteiger partial charge in [-0.3, -0.25) is 0 Å². The summed E-state index contributed by atoms with van der Waals surface area (Å²) in [6.07, 6.45) is 18.2. The molecule has 0 aliphatic heterocycles. The number of nitrogens with zero attached hydrogens (tertiary/aromatic N) is 4. The maximum atomic E-state index is 5.66. The van der Waals surface area contributed by atoms with Gasteiger partial charge in [-0.05, 0) is 70.3 Å². The Morgan fingerprint density at radius 2 is 0.984 bits per heavy atom. The third-order valence-electron chi connectivity index (χ3n) is 13.5. The summed E-state index contributed by atoms with van der Waals surface area (Å²) in [5.41, 5.74) is 16.6. The molecule has 10 rings (SSSR count). The quantitative estimate of drug-likeness (QED) is 0.0759. The fourth-order valence-electron chi connectivity index (χ4n) is 10.3. The van der Waals surface area contributed by atoms with Crippen LogP contribution < -0.4 is 0 Å². The van der Waals surface area contributed by atoms with E-state index in [-0.39, 0.29) is 5.41 Å². The van der Waals surface area contributed by atoms with Crippen molar-refractivity contribution < 1.29 is 0 Å². The minimum atomic E-state index is 0.0314. The molecule has 4 nitrogen and oxygen atoms in total. The lowest BCUT2D eigenvalue weighted by Crippen LogP contribution is -2.25. The zero-order valence-corrected chi connectivity index (χ0v) is 39.6. The number of thiophene rings is 2. The van der Waals surface area contributed by atoms with Crippen LogP contribution in [0.5, 0.6) is 0 Å². The molecular weight excluding hydrogens is 837 g/mol. The van der Waals surface area contributed by atoms with E-state index in [2.05, 4.69) is 147 Å². The molecule has 1 aliphatic carbocycles. The lowest BCUT2D eigenvalue weighted by molar-refractivity contribution is 0.398. The Labute approximate surface area is 390 Å². The van der Waals surface area contributed by atoms with Crippen molar-refractivity contribution in [2.75, 3.05) is 0 Å². The van der Waals surface area contributed by atoms with E-state index >= 15 is 0 Å². The molecule has 0 spiro atoms. The van der Waals surface area contributed by atoms with Crippen LogP contribution in [-0.4, -0.2) is 18.7 Å². The van der Waals surface area contributed by atoms with Gasteiger partial charge in [0.15, 0.2) is 0 Å². The Hall–Kier alpha value is -5.34. The van der Waals surface area contributed by atoms with Gasteiger partial charge in [-0.1, -0.05) is 194 Å². The number of fused-ring (bicyclic) bond motifs is 5. The van der Waals surface area contributed by atoms with Gasteiger partial charge in [0, 0.05) is 42.3 Å². The number of rotatable bonds is 19. The highest BCUT2D eigenvalue weighted by atomic mass is 32.1. The molecule has 0 fully saturated rings. The Morgan fingerprint density at radius 1 is 0.438 bits per heavy atom. The van der Waals surface area contributed by atoms with E-state index in [1.165, 1.54) is 129 Å². The predicted octanol–water partition coefficient (Wildman–Crippen LogP) is 17.9. The minimum absolute atomic E-state index is 0.0314. The van der Waals surface area contributed by atoms with Crippen molar-refractivity contribution in [1.82, 2.24) is 18.7 Å². The van der Waals surface area contributed by atoms with E-state index in [9.17, 15) is 0 Å². The molecule has 5 aromatic carbocycles. The van der Waals surface area contributed by atoms with Crippen LogP contribution in [0.25, 0.3) is 87.0 Å². The van der Waals surface area contributed by atoms with E-state index in [1.807, 2.05) is 11.3 Å². The van der Waals surface area contributed by atoms with Crippen molar-refractivity contribution in [3.05, 3.63) is 144 Å². The summed E-state index contributed by atoms with van der Waals surface area (Å²) in [5, 5.41) is 2.13. The Bertz CT molecular complexity index is 2970. The topological polar surface area (TPSA) is 51.6 Å². The summed E-state index contributed by atoms with van der Waals surface area (Å²) in [6, 6.07) is 46.6. The van der Waals surface area contributed by atoms with Crippen LogP contribution in [-0.2, 0) is 5.41 Å². The molecule has 0 unspecified atom stereocenters. The largest absolute Gasteiger partial charge is 0.243 e. The van der Waals surface area contributed by atoms with Gasteiger partial charge in [0.2, 0.25) is 0 Å². The Balaban J connectivity index is 1.11. The first-order valence-electron chi connectivity index (χ1n) is 23.7. The summed E-state index contributed by atoms with van der Waals surface area (Å²) in [4.78, 5) is 14.8. The van der Waals surface area contributed by atoms with Crippen LogP contribution in [0.2, 0.25) is 0 Å². The maximum absolute atomic E-state index is 5.66. The summed E-state index contributed by atoms with van der Waals surface area (Å²) < 4.78 is 10.0. The van der Waals surface area contributed by atoms with E-state index in [0.717, 1.165) is 65.5 Å². The molecule has 0 bridgehead atoms. The average molecular weight is 893 g/mol. The molecule has 0 atom stereocenters. The fraction of sp³-hybridized carbons (Fsp3) is 0.298. The van der Waals surface area contributed by atoms with Gasteiger partial charge in [0.1, 0.15) is 22.1 Å². The average Bonchev–Trinajstić information content (AvgIpc) is 4.19. The first-order chi connectivity index (χ1) is 31.7. The minimum Gasteiger partial charge on any atom is -0.243 e. The highest BCUT2D eigenvalue weighted by Crippen LogP contribution is 2.56. The smallest absolute Gasteiger partial charge is 0.116 e. The molecular formula is C57H56N4S3. The zero-order valence-electron chi connectivity index (χ0n) is 37.1. The second kappa shape index (κ2) is 19.4. The summed E-state index contributed by atoms with van der Waals surface area (Å²) >= 11 is 4.82. The second-order valence-electron chi connectivity index (χ2n) is 17.6.